The van der Waals surface area contributed by atoms with Crippen LogP contribution in [0.2, 0.25) is 0 Å². The highest BCUT2D eigenvalue weighted by Gasteiger charge is 2.27. The van der Waals surface area contributed by atoms with E-state index in [0.717, 1.165) is 5.56 Å². The molecule has 1 aromatic rings. The second kappa shape index (κ2) is 5.90. The lowest BCUT2D eigenvalue weighted by Gasteiger charge is -2.25. The van der Waals surface area contributed by atoms with Crippen molar-refractivity contribution in [2.24, 2.45) is 0 Å². The van der Waals surface area contributed by atoms with Crippen LogP contribution in [0.4, 0.5) is 14.9 Å². The molecule has 2 rings (SSSR count). The highest BCUT2D eigenvalue weighted by molar-refractivity contribution is 5.94. The molecule has 0 aliphatic carbocycles. The molecule has 2 amide bonds. The first kappa shape index (κ1) is 14.3. The Morgan fingerprint density at radius 1 is 1.45 bits per heavy atom. The van der Waals surface area contributed by atoms with Crippen LogP contribution in [0.25, 0.3) is 0 Å². The number of aliphatic carboxylic acids is 1. The number of fused-ring (bicyclic) bond motifs is 1. The van der Waals surface area contributed by atoms with Gasteiger partial charge in [0, 0.05) is 26.6 Å². The van der Waals surface area contributed by atoms with Gasteiger partial charge in [-0.25, -0.2) is 9.18 Å². The maximum absolute atomic E-state index is 13.3. The van der Waals surface area contributed by atoms with E-state index in [-0.39, 0.29) is 18.3 Å². The Balaban J connectivity index is 2.01. The minimum absolute atomic E-state index is 0.0306. The number of carboxylic acids is 1. The number of carboxylic acid groups (broad SMARTS) is 1. The summed E-state index contributed by atoms with van der Waals surface area (Å²) < 4.78 is 13.3. The Labute approximate surface area is 116 Å². The third-order valence-corrected chi connectivity index (χ3v) is 3.38. The molecule has 0 unspecified atom stereocenters. The van der Waals surface area contributed by atoms with Crippen molar-refractivity contribution in [1.29, 1.82) is 0 Å². The summed E-state index contributed by atoms with van der Waals surface area (Å²) in [7, 11) is 1.63. The maximum atomic E-state index is 13.3. The normalized spacial score (nSPS) is 13.2. The van der Waals surface area contributed by atoms with Crippen molar-refractivity contribution in [2.45, 2.75) is 19.3 Å². The summed E-state index contributed by atoms with van der Waals surface area (Å²) in [5.74, 6) is -1.24. The third kappa shape index (κ3) is 3.07. The van der Waals surface area contributed by atoms with Crippen molar-refractivity contribution in [3.8, 4) is 0 Å². The molecular weight excluding hydrogens is 263 g/mol. The van der Waals surface area contributed by atoms with Crippen LogP contribution in [0.15, 0.2) is 18.2 Å². The van der Waals surface area contributed by atoms with Gasteiger partial charge >= 0.3 is 12.0 Å². The SMILES string of the molecule is CN(CCCC(=O)O)C(=O)N1CCc2ccc(F)cc21. The monoisotopic (exact) mass is 280 g/mol. The molecule has 0 saturated heterocycles. The second-order valence-corrected chi connectivity index (χ2v) is 4.88. The summed E-state index contributed by atoms with van der Waals surface area (Å²) in [6.45, 7) is 0.896. The van der Waals surface area contributed by atoms with Gasteiger partial charge in [-0.2, -0.15) is 0 Å². The topological polar surface area (TPSA) is 60.9 Å². The molecule has 0 atom stereocenters. The molecule has 108 valence electrons. The van der Waals surface area contributed by atoms with Gasteiger partial charge in [0.15, 0.2) is 0 Å². The van der Waals surface area contributed by atoms with Gasteiger partial charge in [0.2, 0.25) is 0 Å². The van der Waals surface area contributed by atoms with Gasteiger partial charge in [0.05, 0.1) is 5.69 Å². The molecule has 1 N–H and O–H groups in total. The van der Waals surface area contributed by atoms with Crippen LogP contribution in [-0.2, 0) is 11.2 Å². The number of urea groups is 1. The first-order chi connectivity index (χ1) is 9.49. The molecule has 0 bridgehead atoms. The summed E-state index contributed by atoms with van der Waals surface area (Å²) in [6, 6.07) is 4.23. The Kier molecular flexibility index (Phi) is 4.22. The zero-order chi connectivity index (χ0) is 14.7. The highest BCUT2D eigenvalue weighted by Crippen LogP contribution is 2.29. The minimum atomic E-state index is -0.876. The average Bonchev–Trinajstić information content (AvgIpc) is 2.80. The van der Waals surface area contributed by atoms with Gasteiger partial charge in [-0.3, -0.25) is 9.69 Å². The predicted molar refractivity (Wildman–Crippen MR) is 72.3 cm³/mol. The van der Waals surface area contributed by atoms with Crippen molar-refractivity contribution in [1.82, 2.24) is 4.90 Å². The van der Waals surface area contributed by atoms with Crippen molar-refractivity contribution < 1.29 is 19.1 Å². The number of carbonyl (C=O) groups excluding carboxylic acids is 1. The van der Waals surface area contributed by atoms with Crippen molar-refractivity contribution >= 4 is 17.7 Å². The van der Waals surface area contributed by atoms with E-state index in [1.54, 1.807) is 18.0 Å². The van der Waals surface area contributed by atoms with E-state index in [4.69, 9.17) is 5.11 Å². The highest BCUT2D eigenvalue weighted by atomic mass is 19.1. The molecule has 0 fully saturated rings. The molecule has 6 heteroatoms. The molecule has 20 heavy (non-hydrogen) atoms. The van der Waals surface area contributed by atoms with Gasteiger partial charge in [-0.05, 0) is 30.5 Å². The maximum Gasteiger partial charge on any atom is 0.324 e. The molecule has 1 aliphatic heterocycles. The van der Waals surface area contributed by atoms with Crippen molar-refractivity contribution in [3.63, 3.8) is 0 Å². The molecule has 1 aromatic carbocycles. The summed E-state index contributed by atoms with van der Waals surface area (Å²) in [4.78, 5) is 25.7. The summed E-state index contributed by atoms with van der Waals surface area (Å²) in [5, 5.41) is 8.58. The molecule has 5 nitrogen and oxygen atoms in total. The first-order valence-electron chi connectivity index (χ1n) is 6.52. The van der Waals surface area contributed by atoms with Crippen molar-refractivity contribution in [2.75, 3.05) is 25.0 Å². The van der Waals surface area contributed by atoms with Gasteiger partial charge in [-0.15, -0.1) is 0 Å². The Morgan fingerprint density at radius 3 is 2.90 bits per heavy atom. The molecule has 0 aromatic heterocycles. The fraction of sp³-hybridized carbons (Fsp3) is 0.429. The number of amides is 2. The van der Waals surface area contributed by atoms with Gasteiger partial charge in [-0.1, -0.05) is 6.07 Å². The van der Waals surface area contributed by atoms with Crippen LogP contribution in [0.5, 0.6) is 0 Å². The smallest absolute Gasteiger partial charge is 0.324 e. The summed E-state index contributed by atoms with van der Waals surface area (Å²) in [6.07, 6.45) is 1.15. The standard InChI is InChI=1S/C14H17FN2O3/c1-16(7-2-3-13(18)19)14(20)17-8-6-10-4-5-11(15)9-12(10)17/h4-5,9H,2-3,6-8H2,1H3,(H,18,19). The first-order valence-corrected chi connectivity index (χ1v) is 6.52. The van der Waals surface area contributed by atoms with Crippen LogP contribution >= 0.6 is 0 Å². The van der Waals surface area contributed by atoms with E-state index in [2.05, 4.69) is 0 Å². The van der Waals surface area contributed by atoms with Crippen LogP contribution in [0.1, 0.15) is 18.4 Å². The molecule has 1 aliphatic rings. The lowest BCUT2D eigenvalue weighted by atomic mass is 10.2. The fourth-order valence-electron chi connectivity index (χ4n) is 2.32. The van der Waals surface area contributed by atoms with E-state index < -0.39 is 5.97 Å². The Hall–Kier alpha value is -2.11. The lowest BCUT2D eigenvalue weighted by molar-refractivity contribution is -0.137. The number of benzene rings is 1. The van der Waals surface area contributed by atoms with Crippen LogP contribution in [-0.4, -0.2) is 42.1 Å². The molecule has 0 spiro atoms. The number of anilines is 1. The number of hydrogen-bond donors (Lipinski definition) is 1. The molecule has 1 heterocycles. The van der Waals surface area contributed by atoms with Gasteiger partial charge < -0.3 is 10.0 Å². The van der Waals surface area contributed by atoms with Crippen LogP contribution in [0, 0.1) is 5.82 Å². The number of rotatable bonds is 4. The Bertz CT molecular complexity index is 533. The minimum Gasteiger partial charge on any atom is -0.481 e. The van der Waals surface area contributed by atoms with E-state index in [1.807, 2.05) is 0 Å². The Morgan fingerprint density at radius 2 is 2.20 bits per heavy atom. The van der Waals surface area contributed by atoms with E-state index in [1.165, 1.54) is 17.0 Å². The van der Waals surface area contributed by atoms with Crippen LogP contribution in [0.3, 0.4) is 0 Å². The number of halogens is 1. The molecule has 0 radical (unpaired) electrons. The zero-order valence-corrected chi connectivity index (χ0v) is 11.3. The lowest BCUT2D eigenvalue weighted by Crippen LogP contribution is -2.40. The number of nitrogens with zero attached hydrogens (tertiary/aromatic N) is 2. The molecular formula is C14H17FN2O3. The largest absolute Gasteiger partial charge is 0.481 e. The fourth-order valence-corrected chi connectivity index (χ4v) is 2.32. The molecule has 0 saturated carbocycles. The van der Waals surface area contributed by atoms with Gasteiger partial charge in [0.25, 0.3) is 0 Å². The average molecular weight is 280 g/mol. The van der Waals surface area contributed by atoms with Crippen molar-refractivity contribution in [3.05, 3.63) is 29.6 Å². The zero-order valence-electron chi connectivity index (χ0n) is 11.3. The van der Waals surface area contributed by atoms with E-state index in [0.29, 0.717) is 31.6 Å². The van der Waals surface area contributed by atoms with E-state index >= 15 is 0 Å². The summed E-state index contributed by atoms with van der Waals surface area (Å²) in [5.41, 5.74) is 1.57. The predicted octanol–water partition coefficient (Wildman–Crippen LogP) is 2.10. The van der Waals surface area contributed by atoms with E-state index in [9.17, 15) is 14.0 Å². The number of hydrogen-bond acceptors (Lipinski definition) is 2. The van der Waals surface area contributed by atoms with Gasteiger partial charge in [0.1, 0.15) is 5.82 Å². The quantitative estimate of drug-likeness (QED) is 0.918. The second-order valence-electron chi connectivity index (χ2n) is 4.88. The number of carbonyl (C=O) groups is 2. The van der Waals surface area contributed by atoms with Crippen LogP contribution < -0.4 is 4.90 Å². The summed E-state index contributed by atoms with van der Waals surface area (Å²) >= 11 is 0. The third-order valence-electron chi connectivity index (χ3n) is 3.38.